The first-order valence-corrected chi connectivity index (χ1v) is 7.14. The number of ether oxygens (including phenoxy) is 1. The largest absolute Gasteiger partial charge is 0.479 e. The van der Waals surface area contributed by atoms with Gasteiger partial charge >= 0.3 is 5.97 Å². The van der Waals surface area contributed by atoms with Crippen LogP contribution in [0.15, 0.2) is 29.6 Å². The molecule has 1 amide bonds. The summed E-state index contributed by atoms with van der Waals surface area (Å²) in [6, 6.07) is 7.52. The number of benzene rings is 1. The lowest BCUT2D eigenvalue weighted by molar-refractivity contribution is -0.154. The van der Waals surface area contributed by atoms with Gasteiger partial charge in [0.25, 0.3) is 5.91 Å². The van der Waals surface area contributed by atoms with E-state index in [1.54, 1.807) is 17.4 Å². The third-order valence-corrected chi connectivity index (χ3v) is 4.23. The van der Waals surface area contributed by atoms with Gasteiger partial charge in [-0.25, -0.2) is 4.79 Å². The number of carboxylic acids is 1. The Bertz CT molecular complexity index is 666. The summed E-state index contributed by atoms with van der Waals surface area (Å²) >= 11 is 1.63. The molecule has 6 heteroatoms. The molecule has 1 aromatic heterocycles. The maximum Gasteiger partial charge on any atom is 0.334 e. The first-order valence-electron chi connectivity index (χ1n) is 6.26. The molecule has 1 atom stereocenters. The van der Waals surface area contributed by atoms with Crippen LogP contribution in [0.4, 0.5) is 0 Å². The zero-order chi connectivity index (χ0) is 14.1. The molecule has 1 saturated heterocycles. The van der Waals surface area contributed by atoms with Crippen LogP contribution in [0.5, 0.6) is 0 Å². The van der Waals surface area contributed by atoms with Crippen LogP contribution >= 0.6 is 11.3 Å². The van der Waals surface area contributed by atoms with Gasteiger partial charge in [-0.1, -0.05) is 0 Å². The van der Waals surface area contributed by atoms with Gasteiger partial charge in [0, 0.05) is 16.8 Å². The summed E-state index contributed by atoms with van der Waals surface area (Å²) in [4.78, 5) is 24.9. The topological polar surface area (TPSA) is 66.8 Å². The van der Waals surface area contributed by atoms with E-state index in [2.05, 4.69) is 0 Å². The van der Waals surface area contributed by atoms with Crippen LogP contribution in [0.2, 0.25) is 0 Å². The fourth-order valence-electron chi connectivity index (χ4n) is 2.27. The van der Waals surface area contributed by atoms with Crippen molar-refractivity contribution in [2.24, 2.45) is 0 Å². The molecule has 0 spiro atoms. The quantitative estimate of drug-likeness (QED) is 0.916. The van der Waals surface area contributed by atoms with E-state index in [1.165, 1.54) is 4.90 Å². The molecule has 1 aliphatic rings. The predicted octanol–water partition coefficient (Wildman–Crippen LogP) is 1.83. The van der Waals surface area contributed by atoms with Crippen molar-refractivity contribution >= 4 is 33.3 Å². The highest BCUT2D eigenvalue weighted by molar-refractivity contribution is 7.17. The molecule has 0 radical (unpaired) electrons. The van der Waals surface area contributed by atoms with E-state index in [0.717, 1.165) is 10.1 Å². The average Bonchev–Trinajstić information content (AvgIpc) is 2.94. The number of thiophene rings is 1. The third kappa shape index (κ3) is 2.39. The molecule has 0 bridgehead atoms. The van der Waals surface area contributed by atoms with E-state index in [4.69, 9.17) is 9.84 Å². The summed E-state index contributed by atoms with van der Waals surface area (Å²) in [6.45, 7) is 0.767. The molecular formula is C14H13NO4S. The predicted molar refractivity (Wildman–Crippen MR) is 75.1 cm³/mol. The Morgan fingerprint density at radius 1 is 1.35 bits per heavy atom. The average molecular weight is 291 g/mol. The van der Waals surface area contributed by atoms with Crippen molar-refractivity contribution in [3.8, 4) is 0 Å². The third-order valence-electron chi connectivity index (χ3n) is 3.33. The molecule has 20 heavy (non-hydrogen) atoms. The van der Waals surface area contributed by atoms with Gasteiger partial charge in [-0.3, -0.25) is 4.79 Å². The van der Waals surface area contributed by atoms with Crippen LogP contribution in [0.25, 0.3) is 10.1 Å². The molecular weight excluding hydrogens is 278 g/mol. The van der Waals surface area contributed by atoms with Gasteiger partial charge in [-0.15, -0.1) is 11.3 Å². The fourth-order valence-corrected chi connectivity index (χ4v) is 3.04. The van der Waals surface area contributed by atoms with E-state index in [-0.39, 0.29) is 19.1 Å². The number of morpholine rings is 1. The summed E-state index contributed by atoms with van der Waals surface area (Å²) in [7, 11) is 0. The maximum absolute atomic E-state index is 12.4. The second kappa shape index (κ2) is 5.22. The van der Waals surface area contributed by atoms with Gasteiger partial charge in [0.1, 0.15) is 0 Å². The van der Waals surface area contributed by atoms with Crippen LogP contribution in [-0.2, 0) is 9.53 Å². The minimum Gasteiger partial charge on any atom is -0.479 e. The Labute approximate surface area is 119 Å². The zero-order valence-electron chi connectivity index (χ0n) is 10.6. The molecule has 0 saturated carbocycles. The van der Waals surface area contributed by atoms with Crippen LogP contribution in [0.1, 0.15) is 10.4 Å². The number of carboxylic acid groups (broad SMARTS) is 1. The number of aliphatic carboxylic acids is 1. The number of carbonyl (C=O) groups excluding carboxylic acids is 1. The van der Waals surface area contributed by atoms with Crippen LogP contribution in [-0.4, -0.2) is 47.7 Å². The summed E-state index contributed by atoms with van der Waals surface area (Å²) in [6.07, 6.45) is -0.933. The molecule has 3 rings (SSSR count). The van der Waals surface area contributed by atoms with Crippen molar-refractivity contribution in [2.75, 3.05) is 19.7 Å². The maximum atomic E-state index is 12.4. The summed E-state index contributed by atoms with van der Waals surface area (Å²) in [5, 5.41) is 12.0. The molecule has 5 nitrogen and oxygen atoms in total. The van der Waals surface area contributed by atoms with E-state index in [0.29, 0.717) is 12.1 Å². The molecule has 104 valence electrons. The van der Waals surface area contributed by atoms with Crippen molar-refractivity contribution in [3.05, 3.63) is 35.2 Å². The number of hydrogen-bond donors (Lipinski definition) is 1. The summed E-state index contributed by atoms with van der Waals surface area (Å²) < 4.78 is 6.25. The summed E-state index contributed by atoms with van der Waals surface area (Å²) in [5.74, 6) is -1.18. The highest BCUT2D eigenvalue weighted by Gasteiger charge is 2.29. The number of carbonyl (C=O) groups is 2. The van der Waals surface area contributed by atoms with E-state index < -0.39 is 12.1 Å². The molecule has 2 aromatic rings. The second-order valence-corrected chi connectivity index (χ2v) is 5.57. The molecule has 1 aliphatic heterocycles. The van der Waals surface area contributed by atoms with Crippen molar-refractivity contribution in [3.63, 3.8) is 0 Å². The zero-order valence-corrected chi connectivity index (χ0v) is 11.4. The standard InChI is InChI=1S/C14H13NO4S/c16-13(15-4-5-19-11(8-15)14(17)18)10-1-2-12-9(7-10)3-6-20-12/h1-3,6-7,11H,4-5,8H2,(H,17,18). The second-order valence-electron chi connectivity index (χ2n) is 4.62. The Balaban J connectivity index is 1.82. The number of fused-ring (bicyclic) bond motifs is 1. The van der Waals surface area contributed by atoms with E-state index >= 15 is 0 Å². The lowest BCUT2D eigenvalue weighted by Crippen LogP contribution is -2.48. The van der Waals surface area contributed by atoms with Gasteiger partial charge in [-0.05, 0) is 35.0 Å². The Kier molecular flexibility index (Phi) is 3.42. The minimum absolute atomic E-state index is 0.0931. The van der Waals surface area contributed by atoms with Crippen molar-refractivity contribution in [1.29, 1.82) is 0 Å². The molecule has 1 unspecified atom stereocenters. The normalized spacial score (nSPS) is 19.2. The highest BCUT2D eigenvalue weighted by Crippen LogP contribution is 2.22. The Hall–Kier alpha value is -1.92. The molecule has 1 fully saturated rings. The van der Waals surface area contributed by atoms with E-state index in [1.807, 2.05) is 23.6 Å². The van der Waals surface area contributed by atoms with Crippen LogP contribution in [0.3, 0.4) is 0 Å². The fraction of sp³-hybridized carbons (Fsp3) is 0.286. The monoisotopic (exact) mass is 291 g/mol. The lowest BCUT2D eigenvalue weighted by atomic mass is 10.1. The van der Waals surface area contributed by atoms with Gasteiger partial charge in [0.15, 0.2) is 6.10 Å². The van der Waals surface area contributed by atoms with Crippen LogP contribution in [0, 0.1) is 0 Å². The van der Waals surface area contributed by atoms with Gasteiger partial charge in [0.05, 0.1) is 13.2 Å². The first kappa shape index (κ1) is 13.1. The molecule has 0 aliphatic carbocycles. The van der Waals surface area contributed by atoms with Gasteiger partial charge in [0.2, 0.25) is 0 Å². The lowest BCUT2D eigenvalue weighted by Gasteiger charge is -2.30. The number of amides is 1. The van der Waals surface area contributed by atoms with Crippen molar-refractivity contribution < 1.29 is 19.4 Å². The molecule has 1 aromatic carbocycles. The van der Waals surface area contributed by atoms with Gasteiger partial charge < -0.3 is 14.7 Å². The Morgan fingerprint density at radius 3 is 3.00 bits per heavy atom. The Morgan fingerprint density at radius 2 is 2.20 bits per heavy atom. The first-order chi connectivity index (χ1) is 9.65. The number of hydrogen-bond acceptors (Lipinski definition) is 4. The number of nitrogens with zero attached hydrogens (tertiary/aromatic N) is 1. The van der Waals surface area contributed by atoms with Crippen molar-refractivity contribution in [1.82, 2.24) is 4.90 Å². The minimum atomic E-state index is -1.03. The van der Waals surface area contributed by atoms with Crippen molar-refractivity contribution in [2.45, 2.75) is 6.10 Å². The number of rotatable bonds is 2. The summed E-state index contributed by atoms with van der Waals surface area (Å²) in [5.41, 5.74) is 0.585. The SMILES string of the molecule is O=C(O)C1CN(C(=O)c2ccc3sccc3c2)CCO1. The smallest absolute Gasteiger partial charge is 0.334 e. The van der Waals surface area contributed by atoms with E-state index in [9.17, 15) is 9.59 Å². The molecule has 2 heterocycles. The highest BCUT2D eigenvalue weighted by atomic mass is 32.1. The van der Waals surface area contributed by atoms with Crippen LogP contribution < -0.4 is 0 Å². The van der Waals surface area contributed by atoms with Gasteiger partial charge in [-0.2, -0.15) is 0 Å². The molecule has 1 N–H and O–H groups in total.